The lowest BCUT2D eigenvalue weighted by Gasteiger charge is -2.34. The number of piperidine rings is 1. The highest BCUT2D eigenvalue weighted by atomic mass is 16.6. The molecule has 2 heterocycles. The Morgan fingerprint density at radius 2 is 1.75 bits per heavy atom. The zero-order valence-electron chi connectivity index (χ0n) is 17.8. The van der Waals surface area contributed by atoms with Crippen LogP contribution in [0.1, 0.15) is 72.6 Å². The Hall–Kier alpha value is -1.79. The van der Waals surface area contributed by atoms with Gasteiger partial charge in [0, 0.05) is 19.6 Å². The van der Waals surface area contributed by atoms with Crippen LogP contribution in [-0.4, -0.2) is 58.6 Å². The fraction of sp³-hybridized carbons (Fsp3) is 0.857. The van der Waals surface area contributed by atoms with Crippen molar-refractivity contribution in [2.45, 2.75) is 83.8 Å². The predicted octanol–water partition coefficient (Wildman–Crippen LogP) is 3.52. The number of urea groups is 1. The minimum atomic E-state index is -0.649. The van der Waals surface area contributed by atoms with Gasteiger partial charge in [0.2, 0.25) is 0 Å². The van der Waals surface area contributed by atoms with Crippen molar-refractivity contribution < 1.29 is 19.1 Å². The first-order chi connectivity index (χ1) is 13.1. The van der Waals surface area contributed by atoms with Crippen molar-refractivity contribution in [2.75, 3.05) is 19.6 Å². The molecule has 0 bridgehead atoms. The van der Waals surface area contributed by atoms with Crippen LogP contribution in [0.15, 0.2) is 0 Å². The minimum Gasteiger partial charge on any atom is -0.444 e. The number of rotatable bonds is 3. The third-order valence-electron chi connectivity index (χ3n) is 6.40. The molecule has 1 aliphatic carbocycles. The molecule has 7 nitrogen and oxygen atoms in total. The molecule has 0 aromatic heterocycles. The van der Waals surface area contributed by atoms with Crippen molar-refractivity contribution in [3.05, 3.63) is 0 Å². The van der Waals surface area contributed by atoms with Gasteiger partial charge in [0.1, 0.15) is 11.1 Å². The summed E-state index contributed by atoms with van der Waals surface area (Å²) in [6.07, 6.45) is 5.79. The smallest absolute Gasteiger partial charge is 0.410 e. The van der Waals surface area contributed by atoms with Crippen molar-refractivity contribution in [1.82, 2.24) is 15.1 Å². The second kappa shape index (κ2) is 7.91. The van der Waals surface area contributed by atoms with Gasteiger partial charge in [0.25, 0.3) is 5.91 Å². The maximum absolute atomic E-state index is 12.9. The Balaban J connectivity index is 1.46. The maximum atomic E-state index is 12.9. The number of amides is 4. The third-order valence-corrected chi connectivity index (χ3v) is 6.40. The fourth-order valence-electron chi connectivity index (χ4n) is 4.52. The van der Waals surface area contributed by atoms with Gasteiger partial charge in [-0.1, -0.05) is 6.92 Å². The molecule has 158 valence electrons. The van der Waals surface area contributed by atoms with E-state index in [-0.39, 0.29) is 18.0 Å². The molecule has 3 fully saturated rings. The topological polar surface area (TPSA) is 79.0 Å². The zero-order chi connectivity index (χ0) is 20.5. The molecule has 7 heteroatoms. The molecular weight excluding hydrogens is 358 g/mol. The number of carbonyl (C=O) groups is 3. The van der Waals surface area contributed by atoms with E-state index in [1.165, 1.54) is 4.90 Å². The van der Waals surface area contributed by atoms with Crippen LogP contribution in [0.5, 0.6) is 0 Å². The third kappa shape index (κ3) is 4.61. The molecule has 2 aliphatic heterocycles. The van der Waals surface area contributed by atoms with E-state index in [1.54, 1.807) is 4.90 Å². The lowest BCUT2D eigenvalue weighted by Crippen LogP contribution is -2.49. The van der Waals surface area contributed by atoms with Crippen LogP contribution in [0, 0.1) is 11.8 Å². The molecule has 2 saturated heterocycles. The lowest BCUT2D eigenvalue weighted by molar-refractivity contribution is -0.132. The summed E-state index contributed by atoms with van der Waals surface area (Å²) in [5.41, 5.74) is -1.13. The molecule has 1 N–H and O–H groups in total. The van der Waals surface area contributed by atoms with Crippen LogP contribution in [-0.2, 0) is 9.53 Å². The normalized spacial score (nSPS) is 29.4. The number of hydrogen-bond acceptors (Lipinski definition) is 4. The molecule has 0 aromatic carbocycles. The van der Waals surface area contributed by atoms with Crippen LogP contribution in [0.4, 0.5) is 9.59 Å². The zero-order valence-corrected chi connectivity index (χ0v) is 17.8. The van der Waals surface area contributed by atoms with Gasteiger partial charge < -0.3 is 15.0 Å². The molecule has 0 unspecified atom stereocenters. The van der Waals surface area contributed by atoms with Crippen molar-refractivity contribution in [3.63, 3.8) is 0 Å². The van der Waals surface area contributed by atoms with E-state index >= 15 is 0 Å². The molecule has 1 saturated carbocycles. The first kappa shape index (κ1) is 20.9. The van der Waals surface area contributed by atoms with Gasteiger partial charge in [-0.2, -0.15) is 0 Å². The quantitative estimate of drug-likeness (QED) is 0.744. The van der Waals surface area contributed by atoms with Crippen molar-refractivity contribution in [2.24, 2.45) is 11.8 Å². The van der Waals surface area contributed by atoms with Gasteiger partial charge in [-0.3, -0.25) is 9.69 Å². The summed E-state index contributed by atoms with van der Waals surface area (Å²) in [7, 11) is 0. The fourth-order valence-corrected chi connectivity index (χ4v) is 4.52. The highest BCUT2D eigenvalue weighted by Gasteiger charge is 2.51. The highest BCUT2D eigenvalue weighted by Crippen LogP contribution is 2.36. The van der Waals surface area contributed by atoms with E-state index in [4.69, 9.17) is 4.74 Å². The Kier molecular flexibility index (Phi) is 5.92. The Morgan fingerprint density at radius 1 is 1.14 bits per heavy atom. The van der Waals surface area contributed by atoms with Crippen LogP contribution in [0.25, 0.3) is 0 Å². The van der Waals surface area contributed by atoms with E-state index in [9.17, 15) is 14.4 Å². The molecule has 1 spiro atoms. The molecule has 3 rings (SSSR count). The van der Waals surface area contributed by atoms with Gasteiger partial charge in [-0.05, 0) is 77.6 Å². The Labute approximate surface area is 168 Å². The Bertz CT molecular complexity index is 612. The number of imide groups is 1. The number of ether oxygens (including phenoxy) is 1. The average molecular weight is 394 g/mol. The standard InChI is InChI=1S/C21H35N3O4/c1-15-5-10-21(11-6-15)17(25)24(18(26)22-21)14-9-16-7-12-23(13-8-16)19(27)28-20(2,3)4/h15-16H,5-14H2,1-4H3,(H,22,26). The second-order valence-electron chi connectivity index (χ2n) is 9.85. The van der Waals surface area contributed by atoms with E-state index in [0.29, 0.717) is 31.5 Å². The molecule has 0 atom stereocenters. The Morgan fingerprint density at radius 3 is 2.32 bits per heavy atom. The largest absolute Gasteiger partial charge is 0.444 e. The number of likely N-dealkylation sites (tertiary alicyclic amines) is 1. The number of carbonyl (C=O) groups excluding carboxylic acids is 3. The average Bonchev–Trinajstić information content (AvgIpc) is 2.85. The van der Waals surface area contributed by atoms with Crippen molar-refractivity contribution in [3.8, 4) is 0 Å². The van der Waals surface area contributed by atoms with Gasteiger partial charge in [-0.25, -0.2) is 9.59 Å². The molecule has 0 aromatic rings. The van der Waals surface area contributed by atoms with Gasteiger partial charge >= 0.3 is 12.1 Å². The first-order valence-electron chi connectivity index (χ1n) is 10.7. The van der Waals surface area contributed by atoms with Gasteiger partial charge in [-0.15, -0.1) is 0 Å². The van der Waals surface area contributed by atoms with Crippen LogP contribution in [0.2, 0.25) is 0 Å². The maximum Gasteiger partial charge on any atom is 0.410 e. The van der Waals surface area contributed by atoms with Crippen molar-refractivity contribution >= 4 is 18.0 Å². The number of nitrogens with one attached hydrogen (secondary N) is 1. The van der Waals surface area contributed by atoms with Crippen LogP contribution >= 0.6 is 0 Å². The van der Waals surface area contributed by atoms with Crippen LogP contribution in [0.3, 0.4) is 0 Å². The van der Waals surface area contributed by atoms with E-state index < -0.39 is 11.1 Å². The summed E-state index contributed by atoms with van der Waals surface area (Å²) in [5.74, 6) is 1.01. The SMILES string of the molecule is CC1CCC2(CC1)NC(=O)N(CCC1CCN(C(=O)OC(C)(C)C)CC1)C2=O. The molecule has 0 radical (unpaired) electrons. The second-order valence-corrected chi connectivity index (χ2v) is 9.85. The summed E-state index contributed by atoms with van der Waals surface area (Å²) < 4.78 is 5.43. The van der Waals surface area contributed by atoms with E-state index in [0.717, 1.165) is 44.9 Å². The summed E-state index contributed by atoms with van der Waals surface area (Å²) in [6, 6.07) is -0.231. The lowest BCUT2D eigenvalue weighted by atomic mass is 9.77. The predicted molar refractivity (Wildman–Crippen MR) is 106 cm³/mol. The molecule has 4 amide bonds. The molecular formula is C21H35N3O4. The van der Waals surface area contributed by atoms with Crippen LogP contribution < -0.4 is 5.32 Å². The molecule has 28 heavy (non-hydrogen) atoms. The van der Waals surface area contributed by atoms with Gasteiger partial charge in [0.05, 0.1) is 0 Å². The first-order valence-corrected chi connectivity index (χ1v) is 10.7. The summed E-state index contributed by atoms with van der Waals surface area (Å²) in [6.45, 7) is 9.62. The van der Waals surface area contributed by atoms with E-state index in [1.807, 2.05) is 20.8 Å². The number of hydrogen-bond donors (Lipinski definition) is 1. The summed E-state index contributed by atoms with van der Waals surface area (Å²) in [4.78, 5) is 40.7. The number of nitrogens with zero attached hydrogens (tertiary/aromatic N) is 2. The highest BCUT2D eigenvalue weighted by molar-refractivity contribution is 6.07. The van der Waals surface area contributed by atoms with E-state index in [2.05, 4.69) is 12.2 Å². The minimum absolute atomic E-state index is 0.0319. The van der Waals surface area contributed by atoms with Gasteiger partial charge in [0.15, 0.2) is 0 Å². The molecule has 3 aliphatic rings. The summed E-state index contributed by atoms with van der Waals surface area (Å²) in [5, 5.41) is 2.99. The monoisotopic (exact) mass is 393 g/mol. The summed E-state index contributed by atoms with van der Waals surface area (Å²) >= 11 is 0. The van der Waals surface area contributed by atoms with Crippen molar-refractivity contribution in [1.29, 1.82) is 0 Å².